The Balaban J connectivity index is 3.03. The molecule has 0 saturated heterocycles. The van der Waals surface area contributed by atoms with Gasteiger partial charge >= 0.3 is 0 Å². The molecule has 0 aliphatic heterocycles. The molecule has 0 amide bonds. The zero-order chi connectivity index (χ0) is 13.1. The van der Waals surface area contributed by atoms with Gasteiger partial charge in [0.1, 0.15) is 4.90 Å². The third-order valence-corrected chi connectivity index (χ3v) is 3.37. The number of ether oxygens (including phenoxy) is 1. The van der Waals surface area contributed by atoms with Crippen molar-refractivity contribution in [2.45, 2.75) is 24.7 Å². The van der Waals surface area contributed by atoms with Crippen molar-refractivity contribution < 1.29 is 21.9 Å². The minimum Gasteiger partial charge on any atom is -0.490 e. The summed E-state index contributed by atoms with van der Waals surface area (Å²) in [7, 11) is 0.643. The van der Waals surface area contributed by atoms with Crippen molar-refractivity contribution in [2.75, 3.05) is 6.61 Å². The largest absolute Gasteiger partial charge is 0.490 e. The third-order valence-electron chi connectivity index (χ3n) is 2.03. The van der Waals surface area contributed by atoms with E-state index in [1.807, 2.05) is 6.92 Å². The smallest absolute Gasteiger partial charge is 0.264 e. The van der Waals surface area contributed by atoms with Crippen LogP contribution in [0.25, 0.3) is 0 Å². The highest BCUT2D eigenvalue weighted by Gasteiger charge is 2.22. The number of benzene rings is 1. The first kappa shape index (κ1) is 14.2. The van der Waals surface area contributed by atoms with Crippen LogP contribution in [0.1, 0.15) is 19.8 Å². The molecule has 0 N–H and O–H groups in total. The van der Waals surface area contributed by atoms with Crippen LogP contribution >= 0.6 is 10.7 Å². The monoisotopic (exact) mass is 284 g/mol. The van der Waals surface area contributed by atoms with Gasteiger partial charge in [0.05, 0.1) is 6.61 Å². The van der Waals surface area contributed by atoms with Crippen molar-refractivity contribution in [2.24, 2.45) is 0 Å². The summed E-state index contributed by atoms with van der Waals surface area (Å²) in [6, 6.07) is 1.92. The van der Waals surface area contributed by atoms with Crippen LogP contribution in [0.15, 0.2) is 17.0 Å². The minimum atomic E-state index is -4.30. The molecule has 1 aromatic carbocycles. The quantitative estimate of drug-likeness (QED) is 0.616. The van der Waals surface area contributed by atoms with E-state index in [0.717, 1.165) is 18.6 Å². The molecule has 0 bridgehead atoms. The van der Waals surface area contributed by atoms with Gasteiger partial charge in [-0.3, -0.25) is 0 Å². The molecular formula is C10H11ClF2O3S. The van der Waals surface area contributed by atoms with Crippen LogP contribution in [0, 0.1) is 11.6 Å². The standard InChI is InChI=1S/C10H11ClF2O3S/c1-2-3-6-16-7-4-5-8(17(11,14)15)10(13)9(7)12/h4-5H,2-3,6H2,1H3. The van der Waals surface area contributed by atoms with E-state index in [2.05, 4.69) is 0 Å². The molecule has 0 aliphatic carbocycles. The zero-order valence-electron chi connectivity index (χ0n) is 9.04. The minimum absolute atomic E-state index is 0.236. The van der Waals surface area contributed by atoms with Gasteiger partial charge in [0.2, 0.25) is 5.82 Å². The highest BCUT2D eigenvalue weighted by Crippen LogP contribution is 2.27. The fourth-order valence-electron chi connectivity index (χ4n) is 1.14. The van der Waals surface area contributed by atoms with Crippen molar-refractivity contribution in [3.63, 3.8) is 0 Å². The lowest BCUT2D eigenvalue weighted by atomic mass is 10.3. The molecule has 0 fully saturated rings. The molecule has 0 aromatic heterocycles. The topological polar surface area (TPSA) is 43.4 Å². The van der Waals surface area contributed by atoms with Crippen LogP contribution in [0.2, 0.25) is 0 Å². The number of hydrogen-bond donors (Lipinski definition) is 0. The van der Waals surface area contributed by atoms with Crippen molar-refractivity contribution in [1.29, 1.82) is 0 Å². The molecule has 0 atom stereocenters. The summed E-state index contributed by atoms with van der Waals surface area (Å²) in [6.45, 7) is 2.16. The second-order valence-electron chi connectivity index (χ2n) is 3.33. The second kappa shape index (κ2) is 5.64. The van der Waals surface area contributed by atoms with Gasteiger partial charge in [0.25, 0.3) is 9.05 Å². The summed E-state index contributed by atoms with van der Waals surface area (Å²) in [6.07, 6.45) is 1.54. The molecular weight excluding hydrogens is 274 g/mol. The summed E-state index contributed by atoms with van der Waals surface area (Å²) < 4.78 is 53.5. The Morgan fingerprint density at radius 2 is 1.94 bits per heavy atom. The number of unbranched alkanes of at least 4 members (excludes halogenated alkanes) is 1. The summed E-state index contributed by atoms with van der Waals surface area (Å²) in [4.78, 5) is -0.889. The average Bonchev–Trinajstić information content (AvgIpc) is 2.23. The van der Waals surface area contributed by atoms with Crippen molar-refractivity contribution in [3.05, 3.63) is 23.8 Å². The predicted molar refractivity (Wildman–Crippen MR) is 59.8 cm³/mol. The fourth-order valence-corrected chi connectivity index (χ4v) is 2.03. The van der Waals surface area contributed by atoms with Crippen LogP contribution < -0.4 is 4.74 Å². The lowest BCUT2D eigenvalue weighted by molar-refractivity contribution is 0.287. The van der Waals surface area contributed by atoms with Gasteiger partial charge < -0.3 is 4.74 Å². The molecule has 0 heterocycles. The van der Waals surface area contributed by atoms with Gasteiger partial charge in [-0.25, -0.2) is 12.8 Å². The summed E-state index contributed by atoms with van der Waals surface area (Å²) in [5.41, 5.74) is 0. The average molecular weight is 285 g/mol. The van der Waals surface area contributed by atoms with Crippen molar-refractivity contribution >= 4 is 19.7 Å². The highest BCUT2D eigenvalue weighted by molar-refractivity contribution is 8.13. The van der Waals surface area contributed by atoms with E-state index < -0.39 is 25.6 Å². The van der Waals surface area contributed by atoms with Gasteiger partial charge in [-0.2, -0.15) is 4.39 Å². The SMILES string of the molecule is CCCCOc1ccc(S(=O)(=O)Cl)c(F)c1F. The number of halogens is 3. The van der Waals surface area contributed by atoms with Gasteiger partial charge in [-0.05, 0) is 18.6 Å². The Morgan fingerprint density at radius 3 is 2.47 bits per heavy atom. The third kappa shape index (κ3) is 3.54. The van der Waals surface area contributed by atoms with E-state index in [0.29, 0.717) is 6.42 Å². The summed E-state index contributed by atoms with van der Waals surface area (Å²) >= 11 is 0. The molecule has 96 valence electrons. The lowest BCUT2D eigenvalue weighted by Crippen LogP contribution is -2.03. The first-order valence-electron chi connectivity index (χ1n) is 4.93. The van der Waals surface area contributed by atoms with E-state index in [1.165, 1.54) is 0 Å². The van der Waals surface area contributed by atoms with E-state index in [9.17, 15) is 17.2 Å². The lowest BCUT2D eigenvalue weighted by Gasteiger charge is -2.08. The van der Waals surface area contributed by atoms with Crippen LogP contribution in [0.3, 0.4) is 0 Å². The van der Waals surface area contributed by atoms with E-state index in [-0.39, 0.29) is 12.4 Å². The molecule has 0 aliphatic rings. The maximum Gasteiger partial charge on any atom is 0.264 e. The van der Waals surface area contributed by atoms with Crippen LogP contribution in [-0.4, -0.2) is 15.0 Å². The zero-order valence-corrected chi connectivity index (χ0v) is 10.6. The van der Waals surface area contributed by atoms with Crippen molar-refractivity contribution in [3.8, 4) is 5.75 Å². The van der Waals surface area contributed by atoms with Crippen molar-refractivity contribution in [1.82, 2.24) is 0 Å². The molecule has 0 unspecified atom stereocenters. The fraction of sp³-hybridized carbons (Fsp3) is 0.400. The Labute approximate surface area is 103 Å². The number of rotatable bonds is 5. The normalized spacial score (nSPS) is 11.5. The second-order valence-corrected chi connectivity index (χ2v) is 5.86. The maximum absolute atomic E-state index is 13.4. The molecule has 17 heavy (non-hydrogen) atoms. The van der Waals surface area contributed by atoms with Crippen LogP contribution in [0.4, 0.5) is 8.78 Å². The van der Waals surface area contributed by atoms with Gasteiger partial charge in [0, 0.05) is 10.7 Å². The van der Waals surface area contributed by atoms with Gasteiger partial charge in [-0.1, -0.05) is 13.3 Å². The molecule has 7 heteroatoms. The molecule has 0 saturated carbocycles. The highest BCUT2D eigenvalue weighted by atomic mass is 35.7. The van der Waals surface area contributed by atoms with E-state index in [4.69, 9.17) is 15.4 Å². The molecule has 0 radical (unpaired) electrons. The Morgan fingerprint density at radius 1 is 1.29 bits per heavy atom. The first-order chi connectivity index (χ1) is 7.88. The molecule has 1 rings (SSSR count). The predicted octanol–water partition coefficient (Wildman–Crippen LogP) is 3.07. The van der Waals surface area contributed by atoms with E-state index in [1.54, 1.807) is 0 Å². The summed E-state index contributed by atoms with van der Waals surface area (Å²) in [5.74, 6) is -3.18. The Kier molecular flexibility index (Phi) is 4.70. The van der Waals surface area contributed by atoms with Crippen LogP contribution in [0.5, 0.6) is 5.75 Å². The Hall–Kier alpha value is -0.880. The van der Waals surface area contributed by atoms with E-state index >= 15 is 0 Å². The first-order valence-corrected chi connectivity index (χ1v) is 7.24. The molecule has 0 spiro atoms. The maximum atomic E-state index is 13.4. The molecule has 3 nitrogen and oxygen atoms in total. The Bertz CT molecular complexity index is 503. The summed E-state index contributed by atoms with van der Waals surface area (Å²) in [5, 5.41) is 0. The van der Waals surface area contributed by atoms with Crippen LogP contribution in [-0.2, 0) is 9.05 Å². The molecule has 1 aromatic rings. The van der Waals surface area contributed by atoms with Gasteiger partial charge in [-0.15, -0.1) is 0 Å². The number of hydrogen-bond acceptors (Lipinski definition) is 3. The van der Waals surface area contributed by atoms with Gasteiger partial charge in [0.15, 0.2) is 11.6 Å².